The summed E-state index contributed by atoms with van der Waals surface area (Å²) in [5, 5.41) is 1.42. The van der Waals surface area contributed by atoms with Gasteiger partial charge in [0, 0.05) is 36.5 Å². The van der Waals surface area contributed by atoms with Crippen LogP contribution in [0.25, 0.3) is 6.08 Å². The van der Waals surface area contributed by atoms with Crippen molar-refractivity contribution >= 4 is 40.9 Å². The number of amides is 2. The summed E-state index contributed by atoms with van der Waals surface area (Å²) in [5.74, 6) is 0.621. The molecule has 0 aliphatic carbocycles. The SMILES string of the molecule is CCCN(OCC)C(=O)C1=Cc2sc(CC3CCN(C(=O)OC(C)(C)C)C3)cc2N=C(N)C1. The van der Waals surface area contributed by atoms with Crippen LogP contribution in [0.5, 0.6) is 0 Å². The van der Waals surface area contributed by atoms with Crippen LogP contribution in [-0.2, 0) is 20.8 Å². The molecule has 1 fully saturated rings. The highest BCUT2D eigenvalue weighted by atomic mass is 32.1. The molecule has 3 heterocycles. The van der Waals surface area contributed by atoms with Gasteiger partial charge in [0.05, 0.1) is 17.2 Å². The predicted molar refractivity (Wildman–Crippen MR) is 131 cm³/mol. The first-order valence-corrected chi connectivity index (χ1v) is 12.5. The van der Waals surface area contributed by atoms with Crippen LogP contribution in [0.15, 0.2) is 16.6 Å². The minimum atomic E-state index is -0.491. The van der Waals surface area contributed by atoms with E-state index in [0.29, 0.717) is 50.0 Å². The number of rotatable bonds is 7. The Morgan fingerprint density at radius 1 is 1.33 bits per heavy atom. The largest absolute Gasteiger partial charge is 0.444 e. The average Bonchev–Trinajstić information content (AvgIpc) is 3.29. The molecule has 1 unspecified atom stereocenters. The first-order chi connectivity index (χ1) is 15.6. The van der Waals surface area contributed by atoms with Crippen molar-refractivity contribution in [3.05, 3.63) is 21.4 Å². The zero-order valence-corrected chi connectivity index (χ0v) is 21.2. The van der Waals surface area contributed by atoms with Crippen molar-refractivity contribution in [1.29, 1.82) is 0 Å². The highest BCUT2D eigenvalue weighted by Gasteiger charge is 2.30. The van der Waals surface area contributed by atoms with Crippen LogP contribution in [0, 0.1) is 5.92 Å². The minimum Gasteiger partial charge on any atom is -0.444 e. The monoisotopic (exact) mass is 476 g/mol. The lowest BCUT2D eigenvalue weighted by atomic mass is 10.0. The summed E-state index contributed by atoms with van der Waals surface area (Å²) in [6.45, 7) is 11.9. The summed E-state index contributed by atoms with van der Waals surface area (Å²) < 4.78 is 5.50. The molecule has 1 saturated heterocycles. The number of fused-ring (bicyclic) bond motifs is 1. The summed E-state index contributed by atoms with van der Waals surface area (Å²) in [6.07, 6.45) is 4.55. The summed E-state index contributed by atoms with van der Waals surface area (Å²) >= 11 is 1.63. The molecular weight excluding hydrogens is 440 g/mol. The number of ether oxygens (including phenoxy) is 1. The van der Waals surface area contributed by atoms with Gasteiger partial charge in [-0.05, 0) is 65.0 Å². The van der Waals surface area contributed by atoms with Gasteiger partial charge in [0.1, 0.15) is 11.4 Å². The molecule has 0 bridgehead atoms. The first kappa shape index (κ1) is 25.2. The van der Waals surface area contributed by atoms with Gasteiger partial charge < -0.3 is 15.4 Å². The third-order valence-corrected chi connectivity index (χ3v) is 6.47. The first-order valence-electron chi connectivity index (χ1n) is 11.7. The number of hydrogen-bond donors (Lipinski definition) is 1. The summed E-state index contributed by atoms with van der Waals surface area (Å²) in [4.78, 5) is 39.4. The molecule has 2 aliphatic rings. The molecule has 2 aliphatic heterocycles. The molecule has 2 N–H and O–H groups in total. The molecule has 3 rings (SSSR count). The minimum absolute atomic E-state index is 0.163. The molecule has 0 radical (unpaired) electrons. The standard InChI is InChI=1S/C24H36N4O4S/c1-6-9-28(31-7-2)22(29)17-12-20-19(26-21(25)13-17)14-18(33-20)11-16-8-10-27(15-16)23(30)32-24(3,4)5/h12,14,16H,6-11,13,15H2,1-5H3,(H2,25,26). The lowest BCUT2D eigenvalue weighted by Gasteiger charge is -2.24. The van der Waals surface area contributed by atoms with Crippen LogP contribution < -0.4 is 5.73 Å². The highest BCUT2D eigenvalue weighted by molar-refractivity contribution is 7.13. The van der Waals surface area contributed by atoms with Gasteiger partial charge in [0.15, 0.2) is 0 Å². The molecule has 0 aromatic carbocycles. The van der Waals surface area contributed by atoms with E-state index in [1.54, 1.807) is 16.2 Å². The zero-order valence-electron chi connectivity index (χ0n) is 20.3. The van der Waals surface area contributed by atoms with E-state index in [1.807, 2.05) is 40.7 Å². The van der Waals surface area contributed by atoms with Gasteiger partial charge in [0.2, 0.25) is 0 Å². The van der Waals surface area contributed by atoms with E-state index >= 15 is 0 Å². The topological polar surface area (TPSA) is 97.5 Å². The Bertz CT molecular complexity index is 925. The molecule has 1 atom stereocenters. The van der Waals surface area contributed by atoms with Crippen molar-refractivity contribution in [1.82, 2.24) is 9.96 Å². The van der Waals surface area contributed by atoms with Crippen LogP contribution in [0.4, 0.5) is 10.5 Å². The number of carbonyl (C=O) groups is 2. The van der Waals surface area contributed by atoms with Crippen molar-refractivity contribution in [2.75, 3.05) is 26.2 Å². The van der Waals surface area contributed by atoms with Gasteiger partial charge in [-0.1, -0.05) is 6.92 Å². The second-order valence-corrected chi connectivity index (χ2v) is 10.7. The number of likely N-dealkylation sites (tertiary alicyclic amines) is 1. The van der Waals surface area contributed by atoms with Gasteiger partial charge in [0.25, 0.3) is 5.91 Å². The van der Waals surface area contributed by atoms with E-state index in [4.69, 9.17) is 15.3 Å². The van der Waals surface area contributed by atoms with E-state index in [0.717, 1.165) is 29.8 Å². The van der Waals surface area contributed by atoms with Crippen molar-refractivity contribution < 1.29 is 19.2 Å². The number of thiophene rings is 1. The zero-order chi connectivity index (χ0) is 24.2. The summed E-state index contributed by atoms with van der Waals surface area (Å²) in [5.41, 5.74) is 7.04. The van der Waals surface area contributed by atoms with Gasteiger partial charge in [-0.15, -0.1) is 11.3 Å². The summed E-state index contributed by atoms with van der Waals surface area (Å²) in [7, 11) is 0. The summed E-state index contributed by atoms with van der Waals surface area (Å²) in [6, 6.07) is 2.05. The van der Waals surface area contributed by atoms with E-state index in [9.17, 15) is 9.59 Å². The van der Waals surface area contributed by atoms with Gasteiger partial charge in [-0.2, -0.15) is 0 Å². The number of carbonyl (C=O) groups excluding carboxylic acids is 2. The molecule has 1 aromatic heterocycles. The maximum Gasteiger partial charge on any atom is 0.410 e. The molecule has 9 heteroatoms. The van der Waals surface area contributed by atoms with Crippen molar-refractivity contribution in [3.63, 3.8) is 0 Å². The third kappa shape index (κ3) is 6.80. The van der Waals surface area contributed by atoms with Crippen LogP contribution in [0.1, 0.15) is 63.6 Å². The van der Waals surface area contributed by atoms with E-state index in [1.165, 1.54) is 9.94 Å². The second-order valence-electron chi connectivity index (χ2n) is 9.52. The van der Waals surface area contributed by atoms with Crippen molar-refractivity contribution in [2.45, 2.75) is 65.9 Å². The van der Waals surface area contributed by atoms with Gasteiger partial charge in [-0.25, -0.2) is 14.9 Å². The molecular formula is C24H36N4O4S. The molecule has 182 valence electrons. The fourth-order valence-electron chi connectivity index (χ4n) is 3.99. The van der Waals surface area contributed by atoms with Gasteiger partial charge >= 0.3 is 6.09 Å². The Labute approximate surface area is 200 Å². The van der Waals surface area contributed by atoms with Crippen LogP contribution in [-0.4, -0.2) is 59.6 Å². The molecule has 0 spiro atoms. The van der Waals surface area contributed by atoms with Crippen molar-refractivity contribution in [3.8, 4) is 0 Å². The Balaban J connectivity index is 1.71. The van der Waals surface area contributed by atoms with Crippen LogP contribution in [0.2, 0.25) is 0 Å². The van der Waals surface area contributed by atoms with Crippen LogP contribution >= 0.6 is 11.3 Å². The van der Waals surface area contributed by atoms with Gasteiger partial charge in [-0.3, -0.25) is 9.63 Å². The van der Waals surface area contributed by atoms with Crippen LogP contribution in [0.3, 0.4) is 0 Å². The van der Waals surface area contributed by atoms with E-state index in [2.05, 4.69) is 11.1 Å². The fraction of sp³-hybridized carbons (Fsp3) is 0.625. The molecule has 0 saturated carbocycles. The molecule has 8 nitrogen and oxygen atoms in total. The number of nitrogens with two attached hydrogens (primary N) is 1. The average molecular weight is 477 g/mol. The maximum absolute atomic E-state index is 13.0. The predicted octanol–water partition coefficient (Wildman–Crippen LogP) is 4.51. The lowest BCUT2D eigenvalue weighted by Crippen LogP contribution is -2.35. The molecule has 1 aromatic rings. The highest BCUT2D eigenvalue weighted by Crippen LogP contribution is 2.37. The lowest BCUT2D eigenvalue weighted by molar-refractivity contribution is -0.180. The third-order valence-electron chi connectivity index (χ3n) is 5.37. The molecule has 2 amide bonds. The smallest absolute Gasteiger partial charge is 0.410 e. The number of aliphatic imine (C=N–C) groups is 1. The van der Waals surface area contributed by atoms with E-state index in [-0.39, 0.29) is 12.0 Å². The normalized spacial score (nSPS) is 18.3. The number of hydroxylamine groups is 2. The Kier molecular flexibility index (Phi) is 8.18. The Morgan fingerprint density at radius 3 is 2.76 bits per heavy atom. The number of hydrogen-bond acceptors (Lipinski definition) is 7. The quantitative estimate of drug-likeness (QED) is 0.584. The fourth-order valence-corrected chi connectivity index (χ4v) is 5.18. The Hall–Kier alpha value is -2.39. The second kappa shape index (κ2) is 10.7. The number of nitrogens with zero attached hydrogens (tertiary/aromatic N) is 3. The number of amidine groups is 1. The van der Waals surface area contributed by atoms with E-state index < -0.39 is 5.60 Å². The maximum atomic E-state index is 13.0. The Morgan fingerprint density at radius 2 is 2.09 bits per heavy atom. The van der Waals surface area contributed by atoms with Crippen molar-refractivity contribution in [2.24, 2.45) is 16.6 Å². The molecule has 33 heavy (non-hydrogen) atoms.